The zero-order valence-electron chi connectivity index (χ0n) is 56.7. The van der Waals surface area contributed by atoms with Crippen LogP contribution in [0.15, 0.2) is 0 Å². The largest absolute Gasteiger partial charge is 0.465 e. The van der Waals surface area contributed by atoms with Gasteiger partial charge in [-0.1, -0.05) is 285 Å². The summed E-state index contributed by atoms with van der Waals surface area (Å²) in [6.07, 6.45) is 62.5. The summed E-state index contributed by atoms with van der Waals surface area (Å²) in [4.78, 5) is 53.5. The minimum Gasteiger partial charge on any atom is -0.465 e. The average Bonchev–Trinajstić information content (AvgIpc) is 3.60. The summed E-state index contributed by atoms with van der Waals surface area (Å²) in [6.45, 7) is 8.39. The minimum absolute atomic E-state index is 0.177. The first-order chi connectivity index (χ1) is 41.8. The van der Waals surface area contributed by atoms with Crippen LogP contribution in [0.4, 0.5) is 0 Å². The number of unbranched alkanes of at least 4 members (excludes halogenated alkanes) is 40. The fourth-order valence-corrected chi connectivity index (χ4v) is 14.5. The fourth-order valence-electron chi connectivity index (χ4n) is 10.6. The first-order valence-electron chi connectivity index (χ1n) is 36.8. The molecule has 85 heavy (non-hydrogen) atoms. The van der Waals surface area contributed by atoms with Gasteiger partial charge in [0.05, 0.1) is 0 Å². The number of ether oxygens (including phenoxy) is 4. The van der Waals surface area contributed by atoms with Gasteiger partial charge in [-0.3, -0.25) is 19.2 Å². The second-order valence-electron chi connectivity index (χ2n) is 25.1. The molecule has 0 N–H and O–H groups in total. The van der Waals surface area contributed by atoms with Crippen molar-refractivity contribution in [1.82, 2.24) is 0 Å². The monoisotopic (exact) mass is 1270 g/mol. The van der Waals surface area contributed by atoms with Crippen molar-refractivity contribution in [2.24, 2.45) is 5.41 Å². The van der Waals surface area contributed by atoms with Crippen molar-refractivity contribution in [3.05, 3.63) is 0 Å². The standard InChI is InChI=1S/C73H140O8S4/c1-5-9-13-17-21-25-29-33-37-41-45-57-82-61-49-53-69(74)78-65-73(66-79-70(75)54-50-62-83-58-46-42-38-34-30-26-22-18-14-10-6-2,67-80-71(76)55-51-63-84-59-47-43-39-35-31-27-23-19-15-11-7-3)68-81-72(77)56-52-64-85-60-48-44-40-36-32-28-24-20-16-12-8-4/h5-68H2,1-4H3. The second kappa shape index (κ2) is 70.7. The van der Waals surface area contributed by atoms with Gasteiger partial charge in [0, 0.05) is 25.7 Å². The lowest BCUT2D eigenvalue weighted by Gasteiger charge is -2.31. The van der Waals surface area contributed by atoms with Crippen molar-refractivity contribution in [1.29, 1.82) is 0 Å². The first-order valence-corrected chi connectivity index (χ1v) is 41.4. The van der Waals surface area contributed by atoms with Crippen LogP contribution >= 0.6 is 47.0 Å². The van der Waals surface area contributed by atoms with Crippen LogP contribution in [0.3, 0.4) is 0 Å². The summed E-state index contributed by atoms with van der Waals surface area (Å²) >= 11 is 7.60. The lowest BCUT2D eigenvalue weighted by atomic mass is 9.92. The average molecular weight is 1270 g/mol. The predicted octanol–water partition coefficient (Wildman–Crippen LogP) is 23.4. The normalized spacial score (nSPS) is 11.6. The third-order valence-corrected chi connectivity index (χ3v) is 21.0. The van der Waals surface area contributed by atoms with E-state index in [-0.39, 0.29) is 76.0 Å². The Morgan fingerprint density at radius 2 is 0.353 bits per heavy atom. The van der Waals surface area contributed by atoms with E-state index in [1.165, 1.54) is 283 Å². The Morgan fingerprint density at radius 3 is 0.518 bits per heavy atom. The SMILES string of the molecule is CCCCCCCCCCCCCSCCCC(=O)OCC(COC(=O)CCCSCCCCCCCCCCCCC)(COC(=O)CCCSCCCCCCCCCCCCC)COC(=O)CCCSCCCCCCCCCCCCC. The number of rotatable bonds is 72. The van der Waals surface area contributed by atoms with Gasteiger partial charge in [0.15, 0.2) is 0 Å². The minimum atomic E-state index is -1.22. The van der Waals surface area contributed by atoms with Crippen molar-refractivity contribution in [3.63, 3.8) is 0 Å². The molecular weight excluding hydrogens is 1130 g/mol. The molecule has 0 aliphatic rings. The van der Waals surface area contributed by atoms with Crippen LogP contribution in [0.2, 0.25) is 0 Å². The Labute approximate surface area is 545 Å². The molecule has 504 valence electrons. The number of hydrogen-bond acceptors (Lipinski definition) is 12. The highest BCUT2D eigenvalue weighted by Gasteiger charge is 2.38. The number of carbonyl (C=O) groups is 4. The van der Waals surface area contributed by atoms with Crippen LogP contribution in [0.25, 0.3) is 0 Å². The van der Waals surface area contributed by atoms with E-state index in [2.05, 4.69) is 27.7 Å². The molecular formula is C73H140O8S4. The van der Waals surface area contributed by atoms with E-state index in [1.807, 2.05) is 47.0 Å². The summed E-state index contributed by atoms with van der Waals surface area (Å²) in [7, 11) is 0. The molecule has 0 saturated heterocycles. The molecule has 0 amide bonds. The lowest BCUT2D eigenvalue weighted by Crippen LogP contribution is -2.44. The molecule has 0 fully saturated rings. The molecule has 0 unspecified atom stereocenters. The van der Waals surface area contributed by atoms with E-state index in [9.17, 15) is 19.2 Å². The summed E-state index contributed by atoms with van der Waals surface area (Å²) < 4.78 is 23.9. The van der Waals surface area contributed by atoms with E-state index in [1.54, 1.807) is 0 Å². The van der Waals surface area contributed by atoms with Crippen molar-refractivity contribution in [3.8, 4) is 0 Å². The molecule has 0 aromatic carbocycles. The number of carbonyl (C=O) groups excluding carboxylic acids is 4. The molecule has 0 radical (unpaired) electrons. The van der Waals surface area contributed by atoms with Gasteiger partial charge in [-0.15, -0.1) is 0 Å². The van der Waals surface area contributed by atoms with Crippen molar-refractivity contribution in [2.75, 3.05) is 72.5 Å². The molecule has 0 atom stereocenters. The molecule has 8 nitrogen and oxygen atoms in total. The Hall–Kier alpha value is -0.720. The van der Waals surface area contributed by atoms with E-state index in [0.717, 1.165) is 46.0 Å². The van der Waals surface area contributed by atoms with Gasteiger partial charge in [0.25, 0.3) is 0 Å². The zero-order valence-corrected chi connectivity index (χ0v) is 59.9. The van der Waals surface area contributed by atoms with Gasteiger partial charge in [-0.25, -0.2) is 0 Å². The van der Waals surface area contributed by atoms with Crippen LogP contribution in [0.1, 0.15) is 362 Å². The molecule has 0 rings (SSSR count). The summed E-state index contributed by atoms with van der Waals surface area (Å²) in [6, 6.07) is 0. The number of esters is 4. The summed E-state index contributed by atoms with van der Waals surface area (Å²) in [5, 5.41) is 0. The molecule has 12 heteroatoms. The molecule has 0 aromatic rings. The van der Waals surface area contributed by atoms with Gasteiger partial charge in [0.2, 0.25) is 0 Å². The topological polar surface area (TPSA) is 105 Å². The van der Waals surface area contributed by atoms with Crippen molar-refractivity contribution in [2.45, 2.75) is 362 Å². The Morgan fingerprint density at radius 1 is 0.212 bits per heavy atom. The van der Waals surface area contributed by atoms with E-state index >= 15 is 0 Å². The maximum absolute atomic E-state index is 13.4. The zero-order chi connectivity index (χ0) is 61.7. The smallest absolute Gasteiger partial charge is 0.305 e. The van der Waals surface area contributed by atoms with Crippen LogP contribution < -0.4 is 0 Å². The maximum Gasteiger partial charge on any atom is 0.305 e. The van der Waals surface area contributed by atoms with Gasteiger partial charge in [0.1, 0.15) is 31.8 Å². The molecule has 0 aliphatic heterocycles. The maximum atomic E-state index is 13.4. The van der Waals surface area contributed by atoms with Crippen molar-refractivity contribution < 1.29 is 38.1 Å². The molecule has 0 aromatic heterocycles. The highest BCUT2D eigenvalue weighted by molar-refractivity contribution is 7.99. The van der Waals surface area contributed by atoms with Gasteiger partial charge in [-0.2, -0.15) is 47.0 Å². The number of thioether (sulfide) groups is 4. The summed E-state index contributed by atoms with van der Waals surface area (Å²) in [5.41, 5.74) is -1.22. The highest BCUT2D eigenvalue weighted by atomic mass is 32.2. The number of hydrogen-bond donors (Lipinski definition) is 0. The first kappa shape index (κ1) is 84.3. The van der Waals surface area contributed by atoms with Gasteiger partial charge < -0.3 is 18.9 Å². The Balaban J connectivity index is 5.40. The highest BCUT2D eigenvalue weighted by Crippen LogP contribution is 2.25. The Bertz CT molecular complexity index is 1200. The summed E-state index contributed by atoms with van der Waals surface area (Å²) in [5.74, 6) is 6.58. The second-order valence-corrected chi connectivity index (χ2v) is 30.0. The molecule has 0 saturated carbocycles. The lowest BCUT2D eigenvalue weighted by molar-refractivity contribution is -0.170. The quantitative estimate of drug-likeness (QED) is 0.0329. The third-order valence-electron chi connectivity index (χ3n) is 16.4. The van der Waals surface area contributed by atoms with Crippen LogP contribution in [0, 0.1) is 5.41 Å². The molecule has 0 aliphatic carbocycles. The van der Waals surface area contributed by atoms with Gasteiger partial charge in [-0.05, 0) is 97.4 Å². The van der Waals surface area contributed by atoms with E-state index in [4.69, 9.17) is 18.9 Å². The van der Waals surface area contributed by atoms with Gasteiger partial charge >= 0.3 is 23.9 Å². The van der Waals surface area contributed by atoms with Crippen LogP contribution in [0.5, 0.6) is 0 Å². The third kappa shape index (κ3) is 66.0. The van der Waals surface area contributed by atoms with Crippen LogP contribution in [-0.4, -0.2) is 96.3 Å². The predicted molar refractivity (Wildman–Crippen MR) is 378 cm³/mol. The molecule has 0 bridgehead atoms. The molecule has 0 heterocycles. The van der Waals surface area contributed by atoms with Crippen LogP contribution in [-0.2, 0) is 38.1 Å². The fraction of sp³-hybridized carbons (Fsp3) is 0.945. The molecule has 0 spiro atoms. The Kier molecular flexibility index (Phi) is 70.1. The van der Waals surface area contributed by atoms with Crippen molar-refractivity contribution >= 4 is 70.9 Å². The van der Waals surface area contributed by atoms with E-state index in [0.29, 0.717) is 25.7 Å². The van der Waals surface area contributed by atoms with E-state index < -0.39 is 5.41 Å².